The molecular weight excluding hydrogens is 245 g/mol. The lowest BCUT2D eigenvalue weighted by Gasteiger charge is -2.17. The van der Waals surface area contributed by atoms with Crippen LogP contribution >= 0.6 is 0 Å². The fraction of sp³-hybridized carbons (Fsp3) is 0.583. The Kier molecular flexibility index (Phi) is 4.95. The van der Waals surface area contributed by atoms with Gasteiger partial charge in [-0.05, 0) is 26.0 Å². The molecule has 1 heterocycles. The van der Waals surface area contributed by atoms with Crippen molar-refractivity contribution in [2.24, 2.45) is 0 Å². The van der Waals surface area contributed by atoms with Crippen LogP contribution in [0.1, 0.15) is 32.4 Å². The third-order valence-electron chi connectivity index (χ3n) is 2.53. The third-order valence-corrected chi connectivity index (χ3v) is 2.53. The van der Waals surface area contributed by atoms with E-state index in [1.165, 1.54) is 12.3 Å². The molecule has 0 aromatic carbocycles. The molecule has 6 heteroatoms. The van der Waals surface area contributed by atoms with Crippen LogP contribution in [-0.2, 0) is 0 Å². The van der Waals surface area contributed by atoms with Crippen molar-refractivity contribution < 1.29 is 17.9 Å². The Bertz CT molecular complexity index is 365. The van der Waals surface area contributed by atoms with Crippen LogP contribution in [0.5, 0.6) is 5.88 Å². The fourth-order valence-corrected chi connectivity index (χ4v) is 1.39. The molecule has 0 aliphatic rings. The minimum absolute atomic E-state index is 0.0210. The lowest BCUT2D eigenvalue weighted by Crippen LogP contribution is -2.31. The van der Waals surface area contributed by atoms with Gasteiger partial charge in [0.1, 0.15) is 0 Å². The molecule has 0 amide bonds. The molecule has 0 bridgehead atoms. The van der Waals surface area contributed by atoms with E-state index < -0.39 is 12.3 Å². The van der Waals surface area contributed by atoms with Gasteiger partial charge >= 0.3 is 6.18 Å². The molecule has 102 valence electrons. The van der Waals surface area contributed by atoms with E-state index >= 15 is 0 Å². The number of hydrogen-bond acceptors (Lipinski definition) is 3. The van der Waals surface area contributed by atoms with Crippen LogP contribution in [0.25, 0.3) is 0 Å². The highest BCUT2D eigenvalue weighted by Gasteiger charge is 2.38. The Morgan fingerprint density at radius 2 is 2.00 bits per heavy atom. The summed E-state index contributed by atoms with van der Waals surface area (Å²) in [5.41, 5.74) is 0.906. The van der Waals surface area contributed by atoms with E-state index in [4.69, 9.17) is 4.74 Å². The molecule has 0 fully saturated rings. The average molecular weight is 262 g/mol. The number of alkyl halides is 3. The van der Waals surface area contributed by atoms with Gasteiger partial charge in [0.15, 0.2) is 6.10 Å². The largest absolute Gasteiger partial charge is 0.465 e. The molecule has 1 aromatic rings. The molecule has 18 heavy (non-hydrogen) atoms. The highest BCUT2D eigenvalue weighted by Crippen LogP contribution is 2.24. The summed E-state index contributed by atoms with van der Waals surface area (Å²) in [5, 5.41) is 3.19. The van der Waals surface area contributed by atoms with Gasteiger partial charge in [0, 0.05) is 18.3 Å². The monoisotopic (exact) mass is 262 g/mol. The number of hydrogen-bond donors (Lipinski definition) is 1. The Labute approximate surface area is 104 Å². The van der Waals surface area contributed by atoms with Gasteiger partial charge in [-0.15, -0.1) is 0 Å². The maximum absolute atomic E-state index is 12.3. The van der Waals surface area contributed by atoms with Gasteiger partial charge in [-0.25, -0.2) is 4.98 Å². The highest BCUT2D eigenvalue weighted by atomic mass is 19.4. The van der Waals surface area contributed by atoms with Crippen molar-refractivity contribution in [1.29, 1.82) is 0 Å². The molecule has 1 rings (SSSR count). The highest BCUT2D eigenvalue weighted by molar-refractivity contribution is 5.20. The molecule has 2 atom stereocenters. The molecule has 0 radical (unpaired) electrons. The van der Waals surface area contributed by atoms with Crippen molar-refractivity contribution in [2.45, 2.75) is 39.1 Å². The first kappa shape index (κ1) is 14.8. The lowest BCUT2D eigenvalue weighted by atomic mass is 10.1. The van der Waals surface area contributed by atoms with E-state index in [2.05, 4.69) is 10.3 Å². The van der Waals surface area contributed by atoms with E-state index in [0.29, 0.717) is 0 Å². The number of nitrogens with zero attached hydrogens (tertiary/aromatic N) is 1. The van der Waals surface area contributed by atoms with E-state index in [1.807, 2.05) is 13.8 Å². The summed E-state index contributed by atoms with van der Waals surface area (Å²) in [4.78, 5) is 3.87. The number of halogens is 3. The minimum atomic E-state index is -4.38. The van der Waals surface area contributed by atoms with Gasteiger partial charge in [0.25, 0.3) is 0 Å². The van der Waals surface area contributed by atoms with Gasteiger partial charge in [0.2, 0.25) is 5.88 Å². The summed E-state index contributed by atoms with van der Waals surface area (Å²) < 4.78 is 41.6. The van der Waals surface area contributed by atoms with Gasteiger partial charge in [-0.1, -0.05) is 13.0 Å². The van der Waals surface area contributed by atoms with Crippen molar-refractivity contribution in [3.63, 3.8) is 0 Å². The summed E-state index contributed by atoms with van der Waals surface area (Å²) >= 11 is 0. The molecule has 0 saturated heterocycles. The number of aromatic nitrogens is 1. The van der Waals surface area contributed by atoms with Crippen molar-refractivity contribution >= 4 is 0 Å². The average Bonchev–Trinajstić information content (AvgIpc) is 2.29. The first-order chi connectivity index (χ1) is 8.34. The summed E-state index contributed by atoms with van der Waals surface area (Å²) in [6.07, 6.45) is -4.72. The second kappa shape index (κ2) is 6.04. The molecule has 3 nitrogen and oxygen atoms in total. The quantitative estimate of drug-likeness (QED) is 0.885. The number of nitrogens with one attached hydrogen (secondary N) is 1. The molecule has 0 saturated carbocycles. The Morgan fingerprint density at radius 1 is 1.33 bits per heavy atom. The first-order valence-electron chi connectivity index (χ1n) is 5.77. The zero-order valence-corrected chi connectivity index (χ0v) is 10.6. The lowest BCUT2D eigenvalue weighted by molar-refractivity contribution is -0.189. The standard InChI is InChI=1S/C12H17F3N2O/c1-4-16-8(2)10-5-6-11(17-7-10)18-9(3)12(13,14)15/h5-9,16H,4H2,1-3H3. The van der Waals surface area contributed by atoms with Crippen LogP contribution in [0.3, 0.4) is 0 Å². The van der Waals surface area contributed by atoms with Crippen LogP contribution in [0, 0.1) is 0 Å². The summed E-state index contributed by atoms with van der Waals surface area (Å²) in [5.74, 6) is -0.0210. The SMILES string of the molecule is CCNC(C)c1ccc(OC(C)C(F)(F)F)nc1. The topological polar surface area (TPSA) is 34.1 Å². The van der Waals surface area contributed by atoms with Gasteiger partial charge in [0.05, 0.1) is 0 Å². The van der Waals surface area contributed by atoms with Gasteiger partial charge in [-0.3, -0.25) is 0 Å². The Morgan fingerprint density at radius 3 is 2.44 bits per heavy atom. The maximum Gasteiger partial charge on any atom is 0.425 e. The van der Waals surface area contributed by atoms with Crippen LogP contribution in [0.2, 0.25) is 0 Å². The van der Waals surface area contributed by atoms with Crippen molar-refractivity contribution in [3.05, 3.63) is 23.9 Å². The van der Waals surface area contributed by atoms with Crippen LogP contribution in [0.15, 0.2) is 18.3 Å². The summed E-state index contributed by atoms with van der Waals surface area (Å²) in [7, 11) is 0. The smallest absolute Gasteiger partial charge is 0.425 e. The number of ether oxygens (including phenoxy) is 1. The molecule has 1 aromatic heterocycles. The zero-order chi connectivity index (χ0) is 13.8. The first-order valence-corrected chi connectivity index (χ1v) is 5.77. The van der Waals surface area contributed by atoms with Gasteiger partial charge in [-0.2, -0.15) is 13.2 Å². The third kappa shape index (κ3) is 4.18. The predicted molar refractivity (Wildman–Crippen MR) is 62.5 cm³/mol. The Hall–Kier alpha value is -1.30. The predicted octanol–water partition coefficient (Wildman–Crippen LogP) is 3.08. The van der Waals surface area contributed by atoms with Gasteiger partial charge < -0.3 is 10.1 Å². The summed E-state index contributed by atoms with van der Waals surface area (Å²) in [6.45, 7) is 5.70. The van der Waals surface area contributed by atoms with Crippen LogP contribution in [0.4, 0.5) is 13.2 Å². The molecule has 0 aliphatic heterocycles. The molecule has 0 spiro atoms. The van der Waals surface area contributed by atoms with Crippen molar-refractivity contribution in [1.82, 2.24) is 10.3 Å². The zero-order valence-electron chi connectivity index (χ0n) is 10.6. The second-order valence-electron chi connectivity index (χ2n) is 4.01. The Balaban J connectivity index is 2.66. The summed E-state index contributed by atoms with van der Waals surface area (Å²) in [6, 6.07) is 3.26. The van der Waals surface area contributed by atoms with Crippen molar-refractivity contribution in [3.8, 4) is 5.88 Å². The van der Waals surface area contributed by atoms with E-state index in [0.717, 1.165) is 19.0 Å². The fourth-order valence-electron chi connectivity index (χ4n) is 1.39. The van der Waals surface area contributed by atoms with E-state index in [-0.39, 0.29) is 11.9 Å². The second-order valence-corrected chi connectivity index (χ2v) is 4.01. The number of rotatable bonds is 5. The van der Waals surface area contributed by atoms with E-state index in [9.17, 15) is 13.2 Å². The minimum Gasteiger partial charge on any atom is -0.465 e. The molecular formula is C12H17F3N2O. The van der Waals surface area contributed by atoms with Crippen LogP contribution < -0.4 is 10.1 Å². The van der Waals surface area contributed by atoms with Crippen molar-refractivity contribution in [2.75, 3.05) is 6.54 Å². The normalized spacial score (nSPS) is 15.2. The number of pyridine rings is 1. The molecule has 2 unspecified atom stereocenters. The molecule has 1 N–H and O–H groups in total. The van der Waals surface area contributed by atoms with Crippen LogP contribution in [-0.4, -0.2) is 23.8 Å². The van der Waals surface area contributed by atoms with E-state index in [1.54, 1.807) is 6.07 Å². The molecule has 0 aliphatic carbocycles. The maximum atomic E-state index is 12.3.